The predicted molar refractivity (Wildman–Crippen MR) is 77.6 cm³/mol. The van der Waals surface area contributed by atoms with Crippen molar-refractivity contribution in [2.24, 2.45) is 0 Å². The summed E-state index contributed by atoms with van der Waals surface area (Å²) < 4.78 is 0. The van der Waals surface area contributed by atoms with Crippen molar-refractivity contribution in [1.29, 1.82) is 0 Å². The van der Waals surface area contributed by atoms with Gasteiger partial charge >= 0.3 is 0 Å². The maximum absolute atomic E-state index is 11.6. The van der Waals surface area contributed by atoms with Crippen LogP contribution < -0.4 is 0 Å². The second-order valence-electron chi connectivity index (χ2n) is 5.28. The van der Waals surface area contributed by atoms with E-state index in [4.69, 9.17) is 0 Å². The molecule has 1 saturated heterocycles. The summed E-state index contributed by atoms with van der Waals surface area (Å²) >= 11 is 0. The number of carbonyl (C=O) groups excluding carboxylic acids is 1. The van der Waals surface area contributed by atoms with Crippen LogP contribution in [0.3, 0.4) is 0 Å². The summed E-state index contributed by atoms with van der Waals surface area (Å²) in [6.45, 7) is 2.13. The first-order chi connectivity index (χ1) is 9.40. The molecule has 0 N–H and O–H groups in total. The molecule has 1 aliphatic heterocycles. The number of likely N-dealkylation sites (tertiary alicyclic amines) is 1. The van der Waals surface area contributed by atoms with E-state index in [1.807, 2.05) is 6.07 Å². The van der Waals surface area contributed by atoms with Crippen LogP contribution in [0.5, 0.6) is 0 Å². The van der Waals surface area contributed by atoms with E-state index in [2.05, 4.69) is 35.2 Å². The first-order valence-electron chi connectivity index (χ1n) is 6.87. The van der Waals surface area contributed by atoms with Crippen molar-refractivity contribution in [3.63, 3.8) is 0 Å². The Kier molecular flexibility index (Phi) is 2.25. The van der Waals surface area contributed by atoms with E-state index in [0.717, 1.165) is 36.2 Å². The normalized spacial score (nSPS) is 17.6. The molecule has 2 heteroatoms. The molecule has 0 spiro atoms. The predicted octanol–water partition coefficient (Wildman–Crippen LogP) is 3.32. The lowest BCUT2D eigenvalue weighted by Crippen LogP contribution is -2.17. The van der Waals surface area contributed by atoms with Crippen molar-refractivity contribution < 1.29 is 4.79 Å². The Balaban J connectivity index is 2.04. The van der Waals surface area contributed by atoms with Gasteiger partial charge in [-0.15, -0.1) is 0 Å². The van der Waals surface area contributed by atoms with E-state index in [1.165, 1.54) is 29.2 Å². The van der Waals surface area contributed by atoms with Crippen LogP contribution in [0.2, 0.25) is 0 Å². The highest BCUT2D eigenvalue weighted by molar-refractivity contribution is 6.27. The first kappa shape index (κ1) is 10.8. The van der Waals surface area contributed by atoms with Gasteiger partial charge in [-0.1, -0.05) is 36.4 Å². The highest BCUT2D eigenvalue weighted by atomic mass is 16.1. The van der Waals surface area contributed by atoms with Crippen molar-refractivity contribution in [2.45, 2.75) is 12.8 Å². The van der Waals surface area contributed by atoms with Crippen molar-refractivity contribution in [3.05, 3.63) is 47.5 Å². The minimum atomic E-state index is 0.869. The molecule has 0 atom stereocenters. The number of carbonyl (C=O) groups is 1. The molecule has 1 fully saturated rings. The molecule has 2 aliphatic rings. The van der Waals surface area contributed by atoms with Crippen LogP contribution in [0.15, 0.2) is 36.4 Å². The van der Waals surface area contributed by atoms with Crippen LogP contribution in [0.4, 0.5) is 0 Å². The number of nitrogens with zero attached hydrogens (tertiary/aromatic N) is 1. The lowest BCUT2D eigenvalue weighted by atomic mass is 10.0. The lowest BCUT2D eigenvalue weighted by Gasteiger charge is -2.21. The Bertz CT molecular complexity index is 703. The average molecular weight is 249 g/mol. The molecule has 0 bridgehead atoms. The Morgan fingerprint density at radius 2 is 1.63 bits per heavy atom. The quantitative estimate of drug-likeness (QED) is 0.761. The van der Waals surface area contributed by atoms with Crippen LogP contribution in [-0.2, 0) is 4.79 Å². The molecule has 2 aromatic rings. The SMILES string of the molecule is O=CC1=C(N2CCCC2)c2cccc3cccc1c23. The zero-order valence-electron chi connectivity index (χ0n) is 10.7. The average Bonchev–Trinajstić information content (AvgIpc) is 3.06. The third kappa shape index (κ3) is 1.40. The van der Waals surface area contributed by atoms with Gasteiger partial charge in [-0.25, -0.2) is 0 Å². The largest absolute Gasteiger partial charge is 0.370 e. The molecule has 4 rings (SSSR count). The standard InChI is InChI=1S/C17H15NO/c19-11-15-13-7-3-5-12-6-4-8-14(16(12)13)17(15)18-9-1-2-10-18/h3-8,11H,1-2,9-10H2. The number of benzene rings is 2. The number of aldehydes is 1. The van der Waals surface area contributed by atoms with E-state index in [0.29, 0.717) is 0 Å². The second kappa shape index (κ2) is 3.95. The van der Waals surface area contributed by atoms with Gasteiger partial charge < -0.3 is 4.90 Å². The van der Waals surface area contributed by atoms with Crippen LogP contribution in [0, 0.1) is 0 Å². The monoisotopic (exact) mass is 249 g/mol. The van der Waals surface area contributed by atoms with Gasteiger partial charge in [-0.2, -0.15) is 0 Å². The zero-order valence-corrected chi connectivity index (χ0v) is 10.7. The fraction of sp³-hybridized carbons (Fsp3) is 0.235. The van der Waals surface area contributed by atoms with Crippen molar-refractivity contribution >= 4 is 28.3 Å². The summed E-state index contributed by atoms with van der Waals surface area (Å²) in [6, 6.07) is 12.6. The van der Waals surface area contributed by atoms with Gasteiger partial charge in [0.2, 0.25) is 0 Å². The second-order valence-corrected chi connectivity index (χ2v) is 5.28. The van der Waals surface area contributed by atoms with Gasteiger partial charge in [0.1, 0.15) is 0 Å². The van der Waals surface area contributed by atoms with E-state index >= 15 is 0 Å². The van der Waals surface area contributed by atoms with Gasteiger partial charge in [-0.05, 0) is 29.2 Å². The molecule has 1 aliphatic carbocycles. The maximum atomic E-state index is 11.6. The number of allylic oxidation sites excluding steroid dienone is 1. The summed E-state index contributed by atoms with van der Waals surface area (Å²) in [4.78, 5) is 14.0. The van der Waals surface area contributed by atoms with E-state index in [9.17, 15) is 4.79 Å². The van der Waals surface area contributed by atoms with Gasteiger partial charge in [0.05, 0.1) is 5.70 Å². The minimum Gasteiger partial charge on any atom is -0.370 e. The number of rotatable bonds is 2. The Morgan fingerprint density at radius 3 is 2.32 bits per heavy atom. The molecule has 19 heavy (non-hydrogen) atoms. The van der Waals surface area contributed by atoms with Crippen LogP contribution >= 0.6 is 0 Å². The van der Waals surface area contributed by atoms with E-state index in [1.54, 1.807) is 0 Å². The minimum absolute atomic E-state index is 0.869. The fourth-order valence-electron chi connectivity index (χ4n) is 3.44. The smallest absolute Gasteiger partial charge is 0.152 e. The molecule has 0 unspecified atom stereocenters. The third-order valence-electron chi connectivity index (χ3n) is 4.25. The van der Waals surface area contributed by atoms with E-state index in [-0.39, 0.29) is 0 Å². The molecule has 1 heterocycles. The molecule has 0 saturated carbocycles. The molecular weight excluding hydrogens is 234 g/mol. The molecule has 0 aromatic heterocycles. The van der Waals surface area contributed by atoms with Crippen molar-refractivity contribution in [2.75, 3.05) is 13.1 Å². The van der Waals surface area contributed by atoms with E-state index < -0.39 is 0 Å². The highest BCUT2D eigenvalue weighted by Gasteiger charge is 2.28. The molecule has 2 aromatic carbocycles. The van der Waals surface area contributed by atoms with Crippen LogP contribution in [0.25, 0.3) is 22.0 Å². The Hall–Kier alpha value is -2.09. The van der Waals surface area contributed by atoms with Crippen LogP contribution in [-0.4, -0.2) is 24.3 Å². The molecule has 0 amide bonds. The summed E-state index contributed by atoms with van der Waals surface area (Å²) in [7, 11) is 0. The number of hydrogen-bond acceptors (Lipinski definition) is 2. The Labute approximate surface area is 112 Å². The van der Waals surface area contributed by atoms with Gasteiger partial charge in [-0.3, -0.25) is 4.79 Å². The highest BCUT2D eigenvalue weighted by Crippen LogP contribution is 2.43. The fourth-order valence-corrected chi connectivity index (χ4v) is 3.44. The molecule has 2 nitrogen and oxygen atoms in total. The third-order valence-corrected chi connectivity index (χ3v) is 4.25. The summed E-state index contributed by atoms with van der Waals surface area (Å²) in [5, 5.41) is 2.47. The summed E-state index contributed by atoms with van der Waals surface area (Å²) in [6.07, 6.45) is 3.48. The molecular formula is C17H15NO. The van der Waals surface area contributed by atoms with Gasteiger partial charge in [0.25, 0.3) is 0 Å². The number of hydrogen-bond donors (Lipinski definition) is 0. The Morgan fingerprint density at radius 1 is 0.947 bits per heavy atom. The summed E-state index contributed by atoms with van der Waals surface area (Å²) in [5.41, 5.74) is 4.36. The summed E-state index contributed by atoms with van der Waals surface area (Å²) in [5.74, 6) is 0. The topological polar surface area (TPSA) is 20.3 Å². The van der Waals surface area contributed by atoms with Gasteiger partial charge in [0, 0.05) is 24.2 Å². The van der Waals surface area contributed by atoms with Gasteiger partial charge in [0.15, 0.2) is 6.29 Å². The van der Waals surface area contributed by atoms with Crippen LogP contribution in [0.1, 0.15) is 24.0 Å². The molecule has 94 valence electrons. The van der Waals surface area contributed by atoms with Crippen molar-refractivity contribution in [3.8, 4) is 0 Å². The lowest BCUT2D eigenvalue weighted by molar-refractivity contribution is -0.103. The first-order valence-corrected chi connectivity index (χ1v) is 6.87. The zero-order chi connectivity index (χ0) is 12.8. The molecule has 0 radical (unpaired) electrons. The maximum Gasteiger partial charge on any atom is 0.152 e. The van der Waals surface area contributed by atoms with Crippen molar-refractivity contribution in [1.82, 2.24) is 4.90 Å².